The predicted octanol–water partition coefficient (Wildman–Crippen LogP) is 2.48. The summed E-state index contributed by atoms with van der Waals surface area (Å²) in [5, 5.41) is 6.85. The van der Waals surface area contributed by atoms with Crippen molar-refractivity contribution in [2.24, 2.45) is 0 Å². The lowest BCUT2D eigenvalue weighted by molar-refractivity contribution is 0.0893. The molecule has 120 valence electrons. The highest BCUT2D eigenvalue weighted by Crippen LogP contribution is 2.27. The van der Waals surface area contributed by atoms with Gasteiger partial charge >= 0.3 is 0 Å². The fraction of sp³-hybridized carbons (Fsp3) is 0.714. The maximum atomic E-state index is 12.4. The normalized spacial score (nSPS) is 11.4. The fourth-order valence-corrected chi connectivity index (χ4v) is 2.95. The van der Waals surface area contributed by atoms with Crippen LogP contribution >= 0.6 is 11.3 Å². The first-order chi connectivity index (χ1) is 10.0. The summed E-state index contributed by atoms with van der Waals surface area (Å²) in [7, 11) is 1.64. The standard InChI is InChI=1S/C14H26N4O2S/c1-5-14(6-2,7-3)18-12(19)10-11(15)17-13(21-10)16-8-9-20-4/h5-9,15H2,1-4H3,(H,16,17)(H,18,19). The highest BCUT2D eigenvalue weighted by atomic mass is 32.1. The number of ether oxygens (including phenoxy) is 1. The average Bonchev–Trinajstić information content (AvgIpc) is 2.86. The lowest BCUT2D eigenvalue weighted by atomic mass is 9.90. The molecule has 0 saturated carbocycles. The Morgan fingerprint density at radius 1 is 1.33 bits per heavy atom. The predicted molar refractivity (Wildman–Crippen MR) is 88.0 cm³/mol. The van der Waals surface area contributed by atoms with Crippen molar-refractivity contribution < 1.29 is 9.53 Å². The lowest BCUT2D eigenvalue weighted by Crippen LogP contribution is -2.47. The second-order valence-electron chi connectivity index (χ2n) is 4.95. The van der Waals surface area contributed by atoms with Crippen molar-refractivity contribution in [3.05, 3.63) is 4.88 Å². The molecule has 0 aliphatic rings. The Kier molecular flexibility index (Phi) is 6.91. The number of hydrogen-bond donors (Lipinski definition) is 3. The highest BCUT2D eigenvalue weighted by molar-refractivity contribution is 7.18. The Labute approximate surface area is 130 Å². The number of thiazole rings is 1. The molecule has 1 heterocycles. The fourth-order valence-electron chi connectivity index (χ4n) is 2.14. The van der Waals surface area contributed by atoms with E-state index in [1.165, 1.54) is 11.3 Å². The van der Waals surface area contributed by atoms with Crippen LogP contribution in [0.1, 0.15) is 49.7 Å². The molecule has 1 rings (SSSR count). The van der Waals surface area contributed by atoms with E-state index in [1.54, 1.807) is 7.11 Å². The van der Waals surface area contributed by atoms with Gasteiger partial charge in [0.1, 0.15) is 10.7 Å². The van der Waals surface area contributed by atoms with Crippen LogP contribution in [0, 0.1) is 0 Å². The molecular weight excluding hydrogens is 288 g/mol. The van der Waals surface area contributed by atoms with Gasteiger partial charge in [0, 0.05) is 19.2 Å². The van der Waals surface area contributed by atoms with Gasteiger partial charge in [-0.3, -0.25) is 4.79 Å². The molecule has 1 aromatic heterocycles. The first-order valence-electron chi connectivity index (χ1n) is 7.33. The van der Waals surface area contributed by atoms with E-state index in [0.29, 0.717) is 23.2 Å². The number of nitrogens with zero attached hydrogens (tertiary/aromatic N) is 1. The molecule has 1 aromatic rings. The number of nitrogen functional groups attached to an aromatic ring is 1. The van der Waals surface area contributed by atoms with E-state index in [4.69, 9.17) is 10.5 Å². The van der Waals surface area contributed by atoms with Crippen molar-refractivity contribution in [3.8, 4) is 0 Å². The minimum atomic E-state index is -0.169. The van der Waals surface area contributed by atoms with Gasteiger partial charge in [0.05, 0.1) is 6.61 Å². The Morgan fingerprint density at radius 3 is 2.48 bits per heavy atom. The molecular formula is C14H26N4O2S. The number of methoxy groups -OCH3 is 1. The second kappa shape index (κ2) is 8.19. The van der Waals surface area contributed by atoms with Crippen LogP contribution in [0.25, 0.3) is 0 Å². The zero-order chi connectivity index (χ0) is 15.9. The van der Waals surface area contributed by atoms with E-state index in [9.17, 15) is 4.79 Å². The van der Waals surface area contributed by atoms with E-state index in [-0.39, 0.29) is 17.3 Å². The summed E-state index contributed by atoms with van der Waals surface area (Å²) in [6.45, 7) is 7.46. The highest BCUT2D eigenvalue weighted by Gasteiger charge is 2.28. The Bertz CT molecular complexity index is 450. The lowest BCUT2D eigenvalue weighted by Gasteiger charge is -2.31. The number of hydrogen-bond acceptors (Lipinski definition) is 6. The largest absolute Gasteiger partial charge is 0.383 e. The molecule has 0 aromatic carbocycles. The SMILES string of the molecule is CCC(CC)(CC)NC(=O)c1sc(NCCOC)nc1N. The van der Waals surface area contributed by atoms with E-state index in [1.807, 2.05) is 0 Å². The van der Waals surface area contributed by atoms with E-state index < -0.39 is 0 Å². The van der Waals surface area contributed by atoms with Crippen LogP contribution in [0.5, 0.6) is 0 Å². The molecule has 6 nitrogen and oxygen atoms in total. The van der Waals surface area contributed by atoms with Crippen molar-refractivity contribution in [2.75, 3.05) is 31.3 Å². The van der Waals surface area contributed by atoms with Gasteiger partial charge in [-0.1, -0.05) is 32.1 Å². The zero-order valence-corrected chi connectivity index (χ0v) is 14.1. The molecule has 0 atom stereocenters. The van der Waals surface area contributed by atoms with Gasteiger partial charge in [-0.25, -0.2) is 4.98 Å². The molecule has 0 fully saturated rings. The smallest absolute Gasteiger partial charge is 0.265 e. The van der Waals surface area contributed by atoms with Crippen molar-refractivity contribution in [1.29, 1.82) is 0 Å². The number of nitrogens with two attached hydrogens (primary N) is 1. The Balaban J connectivity index is 2.78. The number of amides is 1. The summed E-state index contributed by atoms with van der Waals surface area (Å²) in [5.74, 6) is 0.130. The molecule has 0 spiro atoms. The first-order valence-corrected chi connectivity index (χ1v) is 8.15. The summed E-state index contributed by atoms with van der Waals surface area (Å²) < 4.78 is 4.96. The van der Waals surface area contributed by atoms with Gasteiger partial charge in [0.15, 0.2) is 5.13 Å². The minimum Gasteiger partial charge on any atom is -0.383 e. The molecule has 0 bridgehead atoms. The number of carbonyl (C=O) groups is 1. The third-order valence-corrected chi connectivity index (χ3v) is 4.88. The molecule has 21 heavy (non-hydrogen) atoms. The minimum absolute atomic E-state index is 0.143. The van der Waals surface area contributed by atoms with E-state index >= 15 is 0 Å². The van der Waals surface area contributed by atoms with Crippen LogP contribution in [-0.4, -0.2) is 36.7 Å². The summed E-state index contributed by atoms with van der Waals surface area (Å²) in [5.41, 5.74) is 5.69. The summed E-state index contributed by atoms with van der Waals surface area (Å²) in [4.78, 5) is 17.1. The number of aromatic nitrogens is 1. The summed E-state index contributed by atoms with van der Waals surface area (Å²) in [6, 6.07) is 0. The molecule has 0 saturated heterocycles. The topological polar surface area (TPSA) is 89.3 Å². The van der Waals surface area contributed by atoms with Crippen LogP contribution in [-0.2, 0) is 4.74 Å². The zero-order valence-electron chi connectivity index (χ0n) is 13.3. The van der Waals surface area contributed by atoms with Crippen LogP contribution < -0.4 is 16.4 Å². The van der Waals surface area contributed by atoms with Crippen LogP contribution in [0.3, 0.4) is 0 Å². The van der Waals surface area contributed by atoms with Gasteiger partial charge in [-0.15, -0.1) is 0 Å². The average molecular weight is 314 g/mol. The quantitative estimate of drug-likeness (QED) is 0.609. The van der Waals surface area contributed by atoms with Gasteiger partial charge in [-0.05, 0) is 19.3 Å². The van der Waals surface area contributed by atoms with Gasteiger partial charge in [-0.2, -0.15) is 0 Å². The van der Waals surface area contributed by atoms with Crippen molar-refractivity contribution in [1.82, 2.24) is 10.3 Å². The number of rotatable bonds is 9. The third-order valence-electron chi connectivity index (χ3n) is 3.85. The summed E-state index contributed by atoms with van der Waals surface area (Å²) in [6.07, 6.45) is 2.68. The monoisotopic (exact) mass is 314 g/mol. The molecule has 0 aliphatic heterocycles. The maximum Gasteiger partial charge on any atom is 0.265 e. The van der Waals surface area contributed by atoms with E-state index in [0.717, 1.165) is 19.3 Å². The second-order valence-corrected chi connectivity index (χ2v) is 5.95. The Morgan fingerprint density at radius 2 is 1.95 bits per heavy atom. The van der Waals surface area contributed by atoms with Crippen molar-refractivity contribution >= 4 is 28.2 Å². The molecule has 4 N–H and O–H groups in total. The van der Waals surface area contributed by atoms with Crippen molar-refractivity contribution in [3.63, 3.8) is 0 Å². The maximum absolute atomic E-state index is 12.4. The van der Waals surface area contributed by atoms with Gasteiger partial charge in [0.2, 0.25) is 0 Å². The van der Waals surface area contributed by atoms with Crippen LogP contribution in [0.2, 0.25) is 0 Å². The number of anilines is 2. The molecule has 0 unspecified atom stereocenters. The third kappa shape index (κ3) is 4.57. The molecule has 1 amide bonds. The van der Waals surface area contributed by atoms with E-state index in [2.05, 4.69) is 36.4 Å². The Hall–Kier alpha value is -1.34. The van der Waals surface area contributed by atoms with Crippen LogP contribution in [0.15, 0.2) is 0 Å². The molecule has 0 radical (unpaired) electrons. The number of carbonyl (C=O) groups excluding carboxylic acids is 1. The first kappa shape index (κ1) is 17.7. The van der Waals surface area contributed by atoms with Gasteiger partial charge < -0.3 is 21.1 Å². The molecule has 0 aliphatic carbocycles. The van der Waals surface area contributed by atoms with Crippen molar-refractivity contribution in [2.45, 2.75) is 45.6 Å². The summed E-state index contributed by atoms with van der Waals surface area (Å²) >= 11 is 1.28. The van der Waals surface area contributed by atoms with Crippen LogP contribution in [0.4, 0.5) is 10.9 Å². The van der Waals surface area contributed by atoms with Gasteiger partial charge in [0.25, 0.3) is 5.91 Å². The number of nitrogens with one attached hydrogen (secondary N) is 2. The molecule has 7 heteroatoms.